The molecule has 0 radical (unpaired) electrons. The maximum Gasteiger partial charge on any atom is 0.234 e. The molecule has 0 unspecified atom stereocenters. The molecule has 0 spiro atoms. The normalized spacial score (nSPS) is 10.5. The first-order chi connectivity index (χ1) is 7.22. The number of hydrogen-bond donors (Lipinski definition) is 2. The molecular weight excluding hydrogens is 208 g/mol. The number of para-hydroxylation sites is 1. The Labute approximate surface area is 93.5 Å². The predicted octanol–water partition coefficient (Wildman–Crippen LogP) is 2.05. The van der Waals surface area contributed by atoms with Crippen LogP contribution in [0.3, 0.4) is 0 Å². The van der Waals surface area contributed by atoms with Gasteiger partial charge in [0, 0.05) is 24.1 Å². The molecule has 1 heterocycles. The molecular formula is C11H12N2OS. The molecule has 0 aliphatic heterocycles. The first kappa shape index (κ1) is 10.1. The minimum Gasteiger partial charge on any atom is -0.348 e. The van der Waals surface area contributed by atoms with Crippen molar-refractivity contribution in [1.82, 2.24) is 4.57 Å². The van der Waals surface area contributed by atoms with E-state index in [9.17, 15) is 4.79 Å². The van der Waals surface area contributed by atoms with Gasteiger partial charge in [0.05, 0.1) is 11.4 Å². The average Bonchev–Trinajstić information content (AvgIpc) is 2.57. The van der Waals surface area contributed by atoms with Crippen LogP contribution in [-0.4, -0.2) is 16.2 Å². The highest BCUT2D eigenvalue weighted by Gasteiger charge is 2.07. The van der Waals surface area contributed by atoms with Crippen molar-refractivity contribution in [3.05, 3.63) is 30.5 Å². The number of amides is 1. The number of benzene rings is 1. The number of carbonyl (C=O) groups excluding carboxylic acids is 1. The van der Waals surface area contributed by atoms with E-state index in [4.69, 9.17) is 0 Å². The topological polar surface area (TPSA) is 34.0 Å². The first-order valence-electron chi connectivity index (χ1n) is 4.67. The van der Waals surface area contributed by atoms with Crippen LogP contribution in [0.5, 0.6) is 0 Å². The van der Waals surface area contributed by atoms with Crippen molar-refractivity contribution >= 4 is 35.1 Å². The number of nitrogens with one attached hydrogen (secondary N) is 1. The zero-order valence-electron chi connectivity index (χ0n) is 8.40. The molecule has 1 aromatic carbocycles. The molecule has 0 saturated carbocycles. The Kier molecular flexibility index (Phi) is 2.68. The molecule has 0 aliphatic rings. The van der Waals surface area contributed by atoms with Gasteiger partial charge in [-0.15, -0.1) is 0 Å². The van der Waals surface area contributed by atoms with Crippen molar-refractivity contribution < 1.29 is 4.79 Å². The van der Waals surface area contributed by atoms with Gasteiger partial charge in [-0.3, -0.25) is 4.79 Å². The fourth-order valence-electron chi connectivity index (χ4n) is 1.63. The van der Waals surface area contributed by atoms with E-state index in [1.807, 2.05) is 42.1 Å². The molecule has 78 valence electrons. The Hall–Kier alpha value is -1.42. The second-order valence-corrected chi connectivity index (χ2v) is 3.69. The molecule has 15 heavy (non-hydrogen) atoms. The van der Waals surface area contributed by atoms with Crippen molar-refractivity contribution in [3.8, 4) is 0 Å². The second kappa shape index (κ2) is 3.98. The van der Waals surface area contributed by atoms with Crippen molar-refractivity contribution in [3.63, 3.8) is 0 Å². The Bertz CT molecular complexity index is 504. The van der Waals surface area contributed by atoms with Gasteiger partial charge in [0.15, 0.2) is 0 Å². The number of anilines is 1. The van der Waals surface area contributed by atoms with Crippen LogP contribution in [0.1, 0.15) is 0 Å². The number of hydrogen-bond acceptors (Lipinski definition) is 2. The van der Waals surface area contributed by atoms with Crippen molar-refractivity contribution in [1.29, 1.82) is 0 Å². The quantitative estimate of drug-likeness (QED) is 0.746. The minimum absolute atomic E-state index is 0.0883. The van der Waals surface area contributed by atoms with Gasteiger partial charge in [0.2, 0.25) is 5.91 Å². The van der Waals surface area contributed by atoms with Gasteiger partial charge in [-0.1, -0.05) is 18.2 Å². The number of fused-ring (bicyclic) bond motifs is 1. The molecule has 1 aromatic heterocycles. The monoisotopic (exact) mass is 220 g/mol. The smallest absolute Gasteiger partial charge is 0.234 e. The van der Waals surface area contributed by atoms with Crippen LogP contribution in [0, 0.1) is 0 Å². The van der Waals surface area contributed by atoms with Gasteiger partial charge in [-0.05, 0) is 6.07 Å². The third-order valence-corrected chi connectivity index (χ3v) is 2.60. The highest BCUT2D eigenvalue weighted by Crippen LogP contribution is 2.24. The largest absolute Gasteiger partial charge is 0.348 e. The van der Waals surface area contributed by atoms with Crippen LogP contribution in [-0.2, 0) is 11.8 Å². The van der Waals surface area contributed by atoms with Gasteiger partial charge in [0.25, 0.3) is 0 Å². The summed E-state index contributed by atoms with van der Waals surface area (Å²) in [4.78, 5) is 11.2. The van der Waals surface area contributed by atoms with Gasteiger partial charge in [-0.2, -0.15) is 12.6 Å². The van der Waals surface area contributed by atoms with Crippen LogP contribution < -0.4 is 5.32 Å². The van der Waals surface area contributed by atoms with Crippen LogP contribution in [0.4, 0.5) is 5.69 Å². The summed E-state index contributed by atoms with van der Waals surface area (Å²) < 4.78 is 1.99. The Morgan fingerprint density at radius 1 is 1.47 bits per heavy atom. The van der Waals surface area contributed by atoms with E-state index >= 15 is 0 Å². The number of carbonyl (C=O) groups is 1. The lowest BCUT2D eigenvalue weighted by molar-refractivity contribution is -0.113. The molecule has 0 saturated heterocycles. The lowest BCUT2D eigenvalue weighted by Crippen LogP contribution is -2.12. The molecule has 0 bridgehead atoms. The van der Waals surface area contributed by atoms with E-state index in [1.165, 1.54) is 0 Å². The van der Waals surface area contributed by atoms with Crippen LogP contribution in [0.2, 0.25) is 0 Å². The summed E-state index contributed by atoms with van der Waals surface area (Å²) in [6.07, 6.45) is 1.91. The molecule has 2 rings (SSSR count). The Balaban J connectivity index is 2.48. The van der Waals surface area contributed by atoms with E-state index < -0.39 is 0 Å². The van der Waals surface area contributed by atoms with Crippen molar-refractivity contribution in [2.24, 2.45) is 7.05 Å². The predicted molar refractivity (Wildman–Crippen MR) is 65.4 cm³/mol. The standard InChI is InChI=1S/C11H12N2OS/c1-13-6-9(12-11(14)7-15)8-4-2-3-5-10(8)13/h2-6,15H,7H2,1H3,(H,12,14). The van der Waals surface area contributed by atoms with E-state index in [2.05, 4.69) is 17.9 Å². The summed E-state index contributed by atoms with van der Waals surface area (Å²) in [6.45, 7) is 0. The maximum absolute atomic E-state index is 11.2. The SMILES string of the molecule is Cn1cc(NC(=O)CS)c2ccccc21. The van der Waals surface area contributed by atoms with Gasteiger partial charge >= 0.3 is 0 Å². The number of rotatable bonds is 2. The third-order valence-electron chi connectivity index (χ3n) is 2.31. The lowest BCUT2D eigenvalue weighted by atomic mass is 10.2. The molecule has 1 N–H and O–H groups in total. The van der Waals surface area contributed by atoms with E-state index in [1.54, 1.807) is 0 Å². The fourth-order valence-corrected chi connectivity index (χ4v) is 1.71. The summed E-state index contributed by atoms with van der Waals surface area (Å²) >= 11 is 3.93. The fraction of sp³-hybridized carbons (Fsp3) is 0.182. The van der Waals surface area contributed by atoms with Crippen LogP contribution in [0.15, 0.2) is 30.5 Å². The molecule has 0 fully saturated rings. The van der Waals surface area contributed by atoms with Gasteiger partial charge < -0.3 is 9.88 Å². The van der Waals surface area contributed by atoms with Crippen molar-refractivity contribution in [2.75, 3.05) is 11.1 Å². The first-order valence-corrected chi connectivity index (χ1v) is 5.30. The summed E-state index contributed by atoms with van der Waals surface area (Å²) in [5.41, 5.74) is 1.94. The van der Waals surface area contributed by atoms with Crippen LogP contribution in [0.25, 0.3) is 10.9 Å². The van der Waals surface area contributed by atoms with Crippen molar-refractivity contribution in [2.45, 2.75) is 0 Å². The summed E-state index contributed by atoms with van der Waals surface area (Å²) in [5.74, 6) is 0.109. The number of aryl methyl sites for hydroxylation is 1. The Morgan fingerprint density at radius 2 is 2.20 bits per heavy atom. The van der Waals surface area contributed by atoms with E-state index in [0.29, 0.717) is 0 Å². The number of nitrogens with zero attached hydrogens (tertiary/aromatic N) is 1. The minimum atomic E-state index is -0.0883. The molecule has 4 heteroatoms. The molecule has 3 nitrogen and oxygen atoms in total. The van der Waals surface area contributed by atoms with E-state index in [0.717, 1.165) is 16.6 Å². The number of thiol groups is 1. The van der Waals surface area contributed by atoms with Gasteiger partial charge in [-0.25, -0.2) is 0 Å². The summed E-state index contributed by atoms with van der Waals surface area (Å²) in [6, 6.07) is 7.94. The van der Waals surface area contributed by atoms with Crippen LogP contribution >= 0.6 is 12.6 Å². The Morgan fingerprint density at radius 3 is 2.93 bits per heavy atom. The molecule has 1 amide bonds. The highest BCUT2D eigenvalue weighted by atomic mass is 32.1. The average molecular weight is 220 g/mol. The summed E-state index contributed by atoms with van der Waals surface area (Å²) in [5, 5.41) is 3.87. The molecule has 2 aromatic rings. The third kappa shape index (κ3) is 1.85. The number of aromatic nitrogens is 1. The second-order valence-electron chi connectivity index (χ2n) is 3.38. The molecule has 0 aliphatic carbocycles. The van der Waals surface area contributed by atoms with E-state index in [-0.39, 0.29) is 11.7 Å². The molecule has 0 atom stereocenters. The van der Waals surface area contributed by atoms with Gasteiger partial charge in [0.1, 0.15) is 0 Å². The highest BCUT2D eigenvalue weighted by molar-refractivity contribution is 7.81. The lowest BCUT2D eigenvalue weighted by Gasteiger charge is -1.99. The zero-order valence-corrected chi connectivity index (χ0v) is 9.29. The zero-order chi connectivity index (χ0) is 10.8. The maximum atomic E-state index is 11.2. The summed E-state index contributed by atoms with van der Waals surface area (Å²) in [7, 11) is 1.96.